The van der Waals surface area contributed by atoms with E-state index in [1.165, 1.54) is 19.3 Å². The third-order valence-electron chi connectivity index (χ3n) is 4.05. The first-order valence-corrected chi connectivity index (χ1v) is 8.19. The molecule has 1 aromatic rings. The van der Waals surface area contributed by atoms with Gasteiger partial charge in [0, 0.05) is 37.6 Å². The molecular weight excluding hydrogens is 264 g/mol. The first kappa shape index (κ1) is 16.0. The van der Waals surface area contributed by atoms with Crippen LogP contribution >= 0.6 is 0 Å². The number of hydrogen-bond donors (Lipinski definition) is 1. The van der Waals surface area contributed by atoms with Crippen molar-refractivity contribution in [1.29, 1.82) is 0 Å². The van der Waals surface area contributed by atoms with Gasteiger partial charge in [0.05, 0.1) is 0 Å². The molecule has 5 heteroatoms. The SMILES string of the molecule is CCCN(CC1CCCCN1)c1nccn(C(C)C)c1=O. The highest BCUT2D eigenvalue weighted by molar-refractivity contribution is 5.36. The smallest absolute Gasteiger partial charge is 0.293 e. The minimum atomic E-state index is 0.0248. The van der Waals surface area contributed by atoms with Gasteiger partial charge in [0.2, 0.25) is 0 Å². The summed E-state index contributed by atoms with van der Waals surface area (Å²) < 4.78 is 1.76. The van der Waals surface area contributed by atoms with Gasteiger partial charge in [-0.05, 0) is 39.7 Å². The number of piperidine rings is 1. The molecule has 0 aromatic carbocycles. The Balaban J connectivity index is 2.21. The number of anilines is 1. The van der Waals surface area contributed by atoms with Crippen molar-refractivity contribution in [3.05, 3.63) is 22.7 Å². The highest BCUT2D eigenvalue weighted by Crippen LogP contribution is 2.13. The minimum absolute atomic E-state index is 0.0248. The van der Waals surface area contributed by atoms with Crippen molar-refractivity contribution in [2.45, 2.75) is 58.5 Å². The molecule has 0 radical (unpaired) electrons. The van der Waals surface area contributed by atoms with Gasteiger partial charge < -0.3 is 14.8 Å². The number of aromatic nitrogens is 2. The van der Waals surface area contributed by atoms with Crippen molar-refractivity contribution in [2.24, 2.45) is 0 Å². The summed E-state index contributed by atoms with van der Waals surface area (Å²) in [7, 11) is 0. The van der Waals surface area contributed by atoms with E-state index in [0.717, 1.165) is 26.1 Å². The van der Waals surface area contributed by atoms with Crippen LogP contribution in [0.3, 0.4) is 0 Å². The maximum absolute atomic E-state index is 12.6. The molecule has 118 valence electrons. The Labute approximate surface area is 127 Å². The molecule has 0 saturated carbocycles. The molecule has 1 aromatic heterocycles. The molecule has 2 rings (SSSR count). The fourth-order valence-corrected chi connectivity index (χ4v) is 2.94. The van der Waals surface area contributed by atoms with Crippen molar-refractivity contribution in [1.82, 2.24) is 14.9 Å². The highest BCUT2D eigenvalue weighted by atomic mass is 16.1. The molecule has 0 amide bonds. The van der Waals surface area contributed by atoms with Crippen LogP contribution in [0.5, 0.6) is 0 Å². The quantitative estimate of drug-likeness (QED) is 0.873. The van der Waals surface area contributed by atoms with Gasteiger partial charge in [-0.25, -0.2) is 4.98 Å². The summed E-state index contributed by atoms with van der Waals surface area (Å²) in [6.07, 6.45) is 8.26. The largest absolute Gasteiger partial charge is 0.350 e. The molecule has 1 aliphatic rings. The molecule has 5 nitrogen and oxygen atoms in total. The summed E-state index contributed by atoms with van der Waals surface area (Å²) in [6, 6.07) is 0.634. The van der Waals surface area contributed by atoms with E-state index in [9.17, 15) is 4.79 Å². The Hall–Kier alpha value is -1.36. The zero-order valence-electron chi connectivity index (χ0n) is 13.5. The van der Waals surface area contributed by atoms with Crippen LogP contribution in [0.15, 0.2) is 17.2 Å². The van der Waals surface area contributed by atoms with Gasteiger partial charge in [-0.15, -0.1) is 0 Å². The van der Waals surface area contributed by atoms with Crippen LogP contribution in [-0.4, -0.2) is 35.2 Å². The Morgan fingerprint density at radius 1 is 1.48 bits per heavy atom. The molecule has 2 heterocycles. The molecule has 1 aliphatic heterocycles. The van der Waals surface area contributed by atoms with Gasteiger partial charge in [-0.3, -0.25) is 4.79 Å². The van der Waals surface area contributed by atoms with Gasteiger partial charge in [-0.2, -0.15) is 0 Å². The predicted molar refractivity (Wildman–Crippen MR) is 87.0 cm³/mol. The van der Waals surface area contributed by atoms with Gasteiger partial charge in [0.1, 0.15) is 0 Å². The highest BCUT2D eigenvalue weighted by Gasteiger charge is 2.20. The van der Waals surface area contributed by atoms with Crippen molar-refractivity contribution >= 4 is 5.82 Å². The first-order chi connectivity index (χ1) is 10.1. The Kier molecular flexibility index (Phi) is 5.79. The number of nitrogens with one attached hydrogen (secondary N) is 1. The summed E-state index contributed by atoms with van der Waals surface area (Å²) in [5, 5.41) is 3.56. The van der Waals surface area contributed by atoms with Crippen molar-refractivity contribution in [2.75, 3.05) is 24.5 Å². The van der Waals surface area contributed by atoms with Crippen LogP contribution in [0.25, 0.3) is 0 Å². The molecule has 21 heavy (non-hydrogen) atoms. The lowest BCUT2D eigenvalue weighted by atomic mass is 10.0. The Bertz CT molecular complexity index is 491. The maximum Gasteiger partial charge on any atom is 0.293 e. The summed E-state index contributed by atoms with van der Waals surface area (Å²) in [4.78, 5) is 19.1. The van der Waals surface area contributed by atoms with E-state index in [1.54, 1.807) is 17.0 Å². The zero-order chi connectivity index (χ0) is 15.2. The van der Waals surface area contributed by atoms with Crippen LogP contribution in [0.2, 0.25) is 0 Å². The van der Waals surface area contributed by atoms with Gasteiger partial charge in [0.15, 0.2) is 5.82 Å². The van der Waals surface area contributed by atoms with E-state index in [2.05, 4.69) is 22.1 Å². The lowest BCUT2D eigenvalue weighted by Crippen LogP contribution is -2.46. The average Bonchev–Trinajstić information content (AvgIpc) is 2.48. The third kappa shape index (κ3) is 4.06. The monoisotopic (exact) mass is 292 g/mol. The van der Waals surface area contributed by atoms with E-state index in [1.807, 2.05) is 13.8 Å². The number of hydrogen-bond acceptors (Lipinski definition) is 4. The molecule has 1 saturated heterocycles. The molecule has 1 atom stereocenters. The van der Waals surface area contributed by atoms with E-state index in [-0.39, 0.29) is 11.6 Å². The molecule has 1 N–H and O–H groups in total. The zero-order valence-corrected chi connectivity index (χ0v) is 13.5. The van der Waals surface area contributed by atoms with Crippen LogP contribution in [0.4, 0.5) is 5.82 Å². The second-order valence-electron chi connectivity index (χ2n) is 6.15. The van der Waals surface area contributed by atoms with Crippen LogP contribution < -0.4 is 15.8 Å². The second kappa shape index (κ2) is 7.59. The normalized spacial score (nSPS) is 19.0. The fourth-order valence-electron chi connectivity index (χ4n) is 2.94. The Morgan fingerprint density at radius 3 is 2.90 bits per heavy atom. The maximum atomic E-state index is 12.6. The topological polar surface area (TPSA) is 50.2 Å². The molecular formula is C16H28N4O. The van der Waals surface area contributed by atoms with E-state index >= 15 is 0 Å². The summed E-state index contributed by atoms with van der Waals surface area (Å²) in [5.41, 5.74) is 0.0248. The van der Waals surface area contributed by atoms with E-state index in [0.29, 0.717) is 11.9 Å². The van der Waals surface area contributed by atoms with E-state index in [4.69, 9.17) is 0 Å². The average molecular weight is 292 g/mol. The lowest BCUT2D eigenvalue weighted by Gasteiger charge is -2.31. The third-order valence-corrected chi connectivity index (χ3v) is 4.05. The second-order valence-corrected chi connectivity index (χ2v) is 6.15. The summed E-state index contributed by atoms with van der Waals surface area (Å²) in [5.74, 6) is 0.598. The van der Waals surface area contributed by atoms with Gasteiger partial charge in [-0.1, -0.05) is 13.3 Å². The van der Waals surface area contributed by atoms with Gasteiger partial charge in [0.25, 0.3) is 5.56 Å². The first-order valence-electron chi connectivity index (χ1n) is 8.19. The van der Waals surface area contributed by atoms with Crippen molar-refractivity contribution in [3.63, 3.8) is 0 Å². The Morgan fingerprint density at radius 2 is 2.29 bits per heavy atom. The summed E-state index contributed by atoms with van der Waals surface area (Å²) in [6.45, 7) is 9.03. The standard InChI is InChI=1S/C16H28N4O/c1-4-10-19(12-14-7-5-6-8-17-14)15-16(21)20(13(2)3)11-9-18-15/h9,11,13-14,17H,4-8,10,12H2,1-3H3. The predicted octanol–water partition coefficient (Wildman–Crippen LogP) is 2.18. The van der Waals surface area contributed by atoms with Crippen LogP contribution in [-0.2, 0) is 0 Å². The van der Waals surface area contributed by atoms with E-state index < -0.39 is 0 Å². The molecule has 0 bridgehead atoms. The van der Waals surface area contributed by atoms with Crippen molar-refractivity contribution < 1.29 is 0 Å². The summed E-state index contributed by atoms with van der Waals surface area (Å²) >= 11 is 0. The fraction of sp³-hybridized carbons (Fsp3) is 0.750. The van der Waals surface area contributed by atoms with Crippen LogP contribution in [0.1, 0.15) is 52.5 Å². The molecule has 0 spiro atoms. The molecule has 1 unspecified atom stereocenters. The lowest BCUT2D eigenvalue weighted by molar-refractivity contribution is 0.397. The molecule has 1 fully saturated rings. The van der Waals surface area contributed by atoms with Crippen molar-refractivity contribution in [3.8, 4) is 0 Å². The van der Waals surface area contributed by atoms with Gasteiger partial charge >= 0.3 is 0 Å². The number of nitrogens with zero attached hydrogens (tertiary/aromatic N) is 3. The van der Waals surface area contributed by atoms with Crippen LogP contribution in [0, 0.1) is 0 Å². The molecule has 0 aliphatic carbocycles. The number of rotatable bonds is 6. The minimum Gasteiger partial charge on any atom is -0.350 e.